The number of carbonyl (C=O) groups is 1. The van der Waals surface area contributed by atoms with Crippen LogP contribution in [0.25, 0.3) is 0 Å². The van der Waals surface area contributed by atoms with Crippen LogP contribution in [0.5, 0.6) is 0 Å². The maximum atomic E-state index is 12.7. The molecular formula is C20H25N5O2. The molecule has 0 bridgehead atoms. The van der Waals surface area contributed by atoms with Crippen molar-refractivity contribution in [2.24, 2.45) is 5.92 Å². The molecule has 0 saturated carbocycles. The molecule has 1 N–H and O–H groups in total. The summed E-state index contributed by atoms with van der Waals surface area (Å²) >= 11 is 0. The zero-order valence-electron chi connectivity index (χ0n) is 15.4. The number of amides is 1. The lowest BCUT2D eigenvalue weighted by Crippen LogP contribution is -2.41. The number of morpholine rings is 1. The molecule has 1 aromatic heterocycles. The molecule has 27 heavy (non-hydrogen) atoms. The number of nitrogens with one attached hydrogen (secondary N) is 1. The van der Waals surface area contributed by atoms with Gasteiger partial charge >= 0.3 is 0 Å². The van der Waals surface area contributed by atoms with Gasteiger partial charge in [-0.05, 0) is 37.1 Å². The van der Waals surface area contributed by atoms with Gasteiger partial charge in [0.25, 0.3) is 0 Å². The highest BCUT2D eigenvalue weighted by molar-refractivity contribution is 5.93. The van der Waals surface area contributed by atoms with Gasteiger partial charge in [0.15, 0.2) is 0 Å². The van der Waals surface area contributed by atoms with E-state index in [1.807, 2.05) is 12.1 Å². The summed E-state index contributed by atoms with van der Waals surface area (Å²) in [7, 11) is 0. The lowest BCUT2D eigenvalue weighted by Gasteiger charge is -2.32. The Morgan fingerprint density at radius 1 is 1.07 bits per heavy atom. The summed E-state index contributed by atoms with van der Waals surface area (Å²) in [5.74, 6) is 0.868. The van der Waals surface area contributed by atoms with E-state index >= 15 is 0 Å². The summed E-state index contributed by atoms with van der Waals surface area (Å²) in [4.78, 5) is 25.7. The van der Waals surface area contributed by atoms with E-state index in [9.17, 15) is 4.79 Å². The Morgan fingerprint density at radius 3 is 2.63 bits per heavy atom. The van der Waals surface area contributed by atoms with Crippen LogP contribution in [-0.4, -0.2) is 55.3 Å². The molecule has 2 aliphatic rings. The average molecular weight is 367 g/mol. The van der Waals surface area contributed by atoms with Gasteiger partial charge in [0.1, 0.15) is 5.82 Å². The molecular weight excluding hydrogens is 342 g/mol. The number of hydrogen-bond donors (Lipinski definition) is 1. The third kappa shape index (κ3) is 4.36. The van der Waals surface area contributed by atoms with Gasteiger partial charge in [0.2, 0.25) is 5.91 Å². The Kier molecular flexibility index (Phi) is 5.48. The molecule has 142 valence electrons. The van der Waals surface area contributed by atoms with E-state index in [1.54, 1.807) is 18.6 Å². The van der Waals surface area contributed by atoms with Crippen LogP contribution in [-0.2, 0) is 9.53 Å². The Balaban J connectivity index is 1.35. The Labute approximate surface area is 159 Å². The molecule has 0 radical (unpaired) electrons. The molecule has 1 amide bonds. The molecule has 1 atom stereocenters. The monoisotopic (exact) mass is 367 g/mol. The third-order valence-corrected chi connectivity index (χ3v) is 5.18. The SMILES string of the molecule is O=C(Nc1ccc(N2CCOCC2)cc1)[C@@H]1CCCN(c2cnccn2)C1. The highest BCUT2D eigenvalue weighted by Crippen LogP contribution is 2.23. The first-order chi connectivity index (χ1) is 13.3. The number of hydrogen-bond acceptors (Lipinski definition) is 6. The second kappa shape index (κ2) is 8.35. The fourth-order valence-corrected chi connectivity index (χ4v) is 3.68. The molecule has 7 heteroatoms. The van der Waals surface area contributed by atoms with E-state index in [4.69, 9.17) is 4.74 Å². The van der Waals surface area contributed by atoms with Gasteiger partial charge in [-0.15, -0.1) is 0 Å². The Morgan fingerprint density at radius 2 is 1.89 bits per heavy atom. The van der Waals surface area contributed by atoms with E-state index in [2.05, 4.69) is 37.2 Å². The number of carbonyl (C=O) groups excluding carboxylic acids is 1. The predicted octanol–water partition coefficient (Wildman–Crippen LogP) is 2.17. The first kappa shape index (κ1) is 17.7. The summed E-state index contributed by atoms with van der Waals surface area (Å²) in [5, 5.41) is 3.07. The summed E-state index contributed by atoms with van der Waals surface area (Å²) in [6.45, 7) is 4.94. The molecule has 0 unspecified atom stereocenters. The largest absolute Gasteiger partial charge is 0.378 e. The van der Waals surface area contributed by atoms with Crippen molar-refractivity contribution in [1.29, 1.82) is 0 Å². The van der Waals surface area contributed by atoms with Crippen LogP contribution in [0.2, 0.25) is 0 Å². The highest BCUT2D eigenvalue weighted by Gasteiger charge is 2.26. The van der Waals surface area contributed by atoms with Crippen LogP contribution in [0.15, 0.2) is 42.9 Å². The summed E-state index contributed by atoms with van der Waals surface area (Å²) < 4.78 is 5.39. The molecule has 2 aromatic rings. The fourth-order valence-electron chi connectivity index (χ4n) is 3.68. The van der Waals surface area contributed by atoms with Gasteiger partial charge in [-0.3, -0.25) is 9.78 Å². The van der Waals surface area contributed by atoms with E-state index in [-0.39, 0.29) is 11.8 Å². The third-order valence-electron chi connectivity index (χ3n) is 5.18. The van der Waals surface area contributed by atoms with Gasteiger partial charge in [-0.1, -0.05) is 0 Å². The topological polar surface area (TPSA) is 70.6 Å². The van der Waals surface area contributed by atoms with Crippen LogP contribution in [0, 0.1) is 5.92 Å². The second-order valence-corrected chi connectivity index (χ2v) is 6.98. The van der Waals surface area contributed by atoms with Gasteiger partial charge in [0.05, 0.1) is 25.3 Å². The van der Waals surface area contributed by atoms with Crippen molar-refractivity contribution in [3.8, 4) is 0 Å². The normalized spacial score (nSPS) is 20.4. The first-order valence-corrected chi connectivity index (χ1v) is 9.54. The first-order valence-electron chi connectivity index (χ1n) is 9.54. The zero-order chi connectivity index (χ0) is 18.5. The van der Waals surface area contributed by atoms with Gasteiger partial charge in [0, 0.05) is 49.9 Å². The molecule has 7 nitrogen and oxygen atoms in total. The molecule has 2 aliphatic heterocycles. The minimum Gasteiger partial charge on any atom is -0.378 e. The van der Waals surface area contributed by atoms with E-state index in [1.165, 1.54) is 5.69 Å². The van der Waals surface area contributed by atoms with E-state index in [0.29, 0.717) is 6.54 Å². The zero-order valence-corrected chi connectivity index (χ0v) is 15.4. The second-order valence-electron chi connectivity index (χ2n) is 6.98. The molecule has 2 fully saturated rings. The van der Waals surface area contributed by atoms with E-state index < -0.39 is 0 Å². The van der Waals surface area contributed by atoms with Crippen molar-refractivity contribution in [3.63, 3.8) is 0 Å². The fraction of sp³-hybridized carbons (Fsp3) is 0.450. The maximum Gasteiger partial charge on any atom is 0.229 e. The molecule has 3 heterocycles. The molecule has 2 saturated heterocycles. The number of benzene rings is 1. The predicted molar refractivity (Wildman–Crippen MR) is 105 cm³/mol. The smallest absolute Gasteiger partial charge is 0.229 e. The van der Waals surface area contributed by atoms with Crippen molar-refractivity contribution < 1.29 is 9.53 Å². The molecule has 4 rings (SSSR count). The minimum atomic E-state index is -0.0420. The van der Waals surface area contributed by atoms with Crippen molar-refractivity contribution in [1.82, 2.24) is 9.97 Å². The van der Waals surface area contributed by atoms with Crippen molar-refractivity contribution >= 4 is 23.1 Å². The van der Waals surface area contributed by atoms with Crippen LogP contribution in [0.1, 0.15) is 12.8 Å². The van der Waals surface area contributed by atoms with Crippen molar-refractivity contribution in [2.45, 2.75) is 12.8 Å². The quantitative estimate of drug-likeness (QED) is 0.893. The highest BCUT2D eigenvalue weighted by atomic mass is 16.5. The molecule has 1 aromatic carbocycles. The number of aromatic nitrogens is 2. The van der Waals surface area contributed by atoms with Crippen LogP contribution in [0.3, 0.4) is 0 Å². The lowest BCUT2D eigenvalue weighted by atomic mass is 9.97. The van der Waals surface area contributed by atoms with Crippen LogP contribution >= 0.6 is 0 Å². The maximum absolute atomic E-state index is 12.7. The van der Waals surface area contributed by atoms with Gasteiger partial charge < -0.3 is 19.9 Å². The van der Waals surface area contributed by atoms with Crippen LogP contribution < -0.4 is 15.1 Å². The van der Waals surface area contributed by atoms with Crippen LogP contribution in [0.4, 0.5) is 17.2 Å². The summed E-state index contributed by atoms with van der Waals surface area (Å²) in [5.41, 5.74) is 2.01. The number of anilines is 3. The minimum absolute atomic E-state index is 0.0420. The average Bonchev–Trinajstić information content (AvgIpc) is 2.75. The molecule has 0 aliphatic carbocycles. The number of nitrogens with zero attached hydrogens (tertiary/aromatic N) is 4. The number of piperidine rings is 1. The molecule has 0 spiro atoms. The number of rotatable bonds is 4. The Hall–Kier alpha value is -2.67. The van der Waals surface area contributed by atoms with Crippen molar-refractivity contribution in [3.05, 3.63) is 42.9 Å². The lowest BCUT2D eigenvalue weighted by molar-refractivity contribution is -0.120. The van der Waals surface area contributed by atoms with Crippen molar-refractivity contribution in [2.75, 3.05) is 54.5 Å². The summed E-state index contributed by atoms with van der Waals surface area (Å²) in [6.07, 6.45) is 6.98. The van der Waals surface area contributed by atoms with Gasteiger partial charge in [-0.2, -0.15) is 0 Å². The van der Waals surface area contributed by atoms with E-state index in [0.717, 1.165) is 57.2 Å². The summed E-state index contributed by atoms with van der Waals surface area (Å²) in [6, 6.07) is 8.08. The standard InChI is InChI=1S/C20H25N5O2/c26-20(16-2-1-9-25(15-16)19-14-21-7-8-22-19)23-17-3-5-18(6-4-17)24-10-12-27-13-11-24/h3-8,14,16H,1-2,9-13,15H2,(H,23,26)/t16-/m1/s1. The number of ether oxygens (including phenoxy) is 1. The Bertz CT molecular complexity index is 747. The van der Waals surface area contributed by atoms with Gasteiger partial charge in [-0.25, -0.2) is 4.98 Å².